The predicted molar refractivity (Wildman–Crippen MR) is 75.9 cm³/mol. The zero-order valence-corrected chi connectivity index (χ0v) is 11.9. The van der Waals surface area contributed by atoms with E-state index < -0.39 is 0 Å². The van der Waals surface area contributed by atoms with E-state index >= 15 is 0 Å². The maximum absolute atomic E-state index is 11.9. The number of carbonyl (C=O) groups excluding carboxylic acids is 1. The summed E-state index contributed by atoms with van der Waals surface area (Å²) >= 11 is 4.78. The van der Waals surface area contributed by atoms with E-state index in [2.05, 4.69) is 21.2 Å². The highest BCUT2D eigenvalue weighted by Gasteiger charge is 2.10. The van der Waals surface area contributed by atoms with Crippen LogP contribution < -0.4 is 5.32 Å². The minimum Gasteiger partial charge on any atom is -0.320 e. The van der Waals surface area contributed by atoms with Crippen LogP contribution in [0, 0.1) is 18.3 Å². The predicted octanol–water partition coefficient (Wildman–Crippen LogP) is 3.94. The number of anilines is 1. The molecule has 0 saturated heterocycles. The molecule has 1 amide bonds. The molecule has 2 rings (SSSR count). The Labute approximate surface area is 117 Å². The minimum atomic E-state index is -0.140. The fraction of sp³-hybridized carbons (Fsp3) is 0.0769. The summed E-state index contributed by atoms with van der Waals surface area (Å²) in [7, 11) is 0. The van der Waals surface area contributed by atoms with Crippen LogP contribution in [0.4, 0.5) is 5.69 Å². The Hall–Kier alpha value is -1.64. The molecule has 1 aromatic carbocycles. The summed E-state index contributed by atoms with van der Waals surface area (Å²) < 4.78 is 0.697. The van der Waals surface area contributed by atoms with Gasteiger partial charge in [0.05, 0.1) is 22.2 Å². The first-order valence-electron chi connectivity index (χ1n) is 5.17. The molecule has 0 unspecified atom stereocenters. The lowest BCUT2D eigenvalue weighted by molar-refractivity contribution is 0.103. The van der Waals surface area contributed by atoms with E-state index in [4.69, 9.17) is 5.26 Å². The van der Waals surface area contributed by atoms with Gasteiger partial charge in [-0.1, -0.05) is 0 Å². The zero-order valence-electron chi connectivity index (χ0n) is 9.53. The van der Waals surface area contributed by atoms with Crippen LogP contribution in [0.25, 0.3) is 0 Å². The number of halogens is 1. The van der Waals surface area contributed by atoms with Gasteiger partial charge < -0.3 is 5.32 Å². The average molecular weight is 321 g/mol. The Morgan fingerprint density at radius 1 is 1.39 bits per heavy atom. The molecule has 1 aromatic heterocycles. The van der Waals surface area contributed by atoms with Gasteiger partial charge in [-0.2, -0.15) is 5.26 Å². The smallest absolute Gasteiger partial charge is 0.265 e. The highest BCUT2D eigenvalue weighted by Crippen LogP contribution is 2.25. The first-order valence-corrected chi connectivity index (χ1v) is 6.78. The minimum absolute atomic E-state index is 0.140. The third-order valence-electron chi connectivity index (χ3n) is 2.31. The second-order valence-corrected chi connectivity index (χ2v) is 5.81. The fourth-order valence-corrected chi connectivity index (χ4v) is 2.67. The Balaban J connectivity index is 2.20. The molecule has 0 atom stereocenters. The van der Waals surface area contributed by atoms with E-state index in [-0.39, 0.29) is 5.91 Å². The summed E-state index contributed by atoms with van der Waals surface area (Å²) in [5, 5.41) is 11.6. The standard InChI is InChI=1S/C13H9BrN2OS/c1-8-2-5-12(18-8)13(17)16-11-4-3-9(7-15)6-10(11)14/h2-6H,1H3,(H,16,17). The van der Waals surface area contributed by atoms with Crippen LogP contribution in [0.15, 0.2) is 34.8 Å². The van der Waals surface area contributed by atoms with Crippen molar-refractivity contribution in [3.8, 4) is 6.07 Å². The number of nitrogens with one attached hydrogen (secondary N) is 1. The number of nitriles is 1. The summed E-state index contributed by atoms with van der Waals surface area (Å²) in [4.78, 5) is 13.7. The molecule has 3 nitrogen and oxygen atoms in total. The lowest BCUT2D eigenvalue weighted by atomic mass is 10.2. The molecule has 0 radical (unpaired) electrons. The van der Waals surface area contributed by atoms with Crippen LogP contribution in [-0.4, -0.2) is 5.91 Å². The molecule has 2 aromatic rings. The maximum Gasteiger partial charge on any atom is 0.265 e. The normalized spacial score (nSPS) is 9.83. The molecule has 1 N–H and O–H groups in total. The number of thiophene rings is 1. The van der Waals surface area contributed by atoms with E-state index in [0.717, 1.165) is 4.88 Å². The third kappa shape index (κ3) is 2.78. The van der Waals surface area contributed by atoms with Gasteiger partial charge in [0.15, 0.2) is 0 Å². The van der Waals surface area contributed by atoms with E-state index in [0.29, 0.717) is 20.6 Å². The number of amides is 1. The molecule has 0 aliphatic heterocycles. The summed E-state index contributed by atoms with van der Waals surface area (Å²) in [5.74, 6) is -0.140. The number of carbonyl (C=O) groups is 1. The number of benzene rings is 1. The van der Waals surface area contributed by atoms with Gasteiger partial charge in [0.25, 0.3) is 5.91 Å². The van der Waals surface area contributed by atoms with Crippen LogP contribution in [0.2, 0.25) is 0 Å². The Morgan fingerprint density at radius 3 is 2.72 bits per heavy atom. The van der Waals surface area contributed by atoms with Gasteiger partial charge in [-0.15, -0.1) is 11.3 Å². The molecule has 0 fully saturated rings. The van der Waals surface area contributed by atoms with Gasteiger partial charge in [0, 0.05) is 9.35 Å². The Bertz CT molecular complexity index is 643. The topological polar surface area (TPSA) is 52.9 Å². The van der Waals surface area contributed by atoms with Crippen molar-refractivity contribution in [1.29, 1.82) is 5.26 Å². The molecular formula is C13H9BrN2OS. The van der Waals surface area contributed by atoms with Gasteiger partial charge in [0.2, 0.25) is 0 Å². The first-order chi connectivity index (χ1) is 8.60. The van der Waals surface area contributed by atoms with E-state index in [9.17, 15) is 4.79 Å². The van der Waals surface area contributed by atoms with Gasteiger partial charge in [0.1, 0.15) is 0 Å². The van der Waals surface area contributed by atoms with Crippen LogP contribution in [0.1, 0.15) is 20.1 Å². The lowest BCUT2D eigenvalue weighted by Gasteiger charge is -2.06. The lowest BCUT2D eigenvalue weighted by Crippen LogP contribution is -2.10. The van der Waals surface area contributed by atoms with Crippen molar-refractivity contribution < 1.29 is 4.79 Å². The SMILES string of the molecule is Cc1ccc(C(=O)Nc2ccc(C#N)cc2Br)s1. The van der Waals surface area contributed by atoms with Gasteiger partial charge in [-0.3, -0.25) is 4.79 Å². The van der Waals surface area contributed by atoms with Crippen molar-refractivity contribution in [2.45, 2.75) is 6.92 Å². The number of nitrogens with zero attached hydrogens (tertiary/aromatic N) is 1. The number of aryl methyl sites for hydroxylation is 1. The van der Waals surface area contributed by atoms with Crippen LogP contribution in [-0.2, 0) is 0 Å². The van der Waals surface area contributed by atoms with E-state index in [1.165, 1.54) is 11.3 Å². The molecule has 0 saturated carbocycles. The highest BCUT2D eigenvalue weighted by atomic mass is 79.9. The van der Waals surface area contributed by atoms with Gasteiger partial charge in [-0.05, 0) is 53.2 Å². The molecule has 90 valence electrons. The molecule has 0 bridgehead atoms. The number of hydrogen-bond acceptors (Lipinski definition) is 3. The molecule has 0 aliphatic rings. The molecule has 18 heavy (non-hydrogen) atoms. The Morgan fingerprint density at radius 2 is 2.17 bits per heavy atom. The largest absolute Gasteiger partial charge is 0.320 e. The van der Waals surface area contributed by atoms with E-state index in [1.54, 1.807) is 24.3 Å². The van der Waals surface area contributed by atoms with E-state index in [1.807, 2.05) is 19.1 Å². The Kier molecular flexibility index (Phi) is 3.80. The zero-order chi connectivity index (χ0) is 13.1. The third-order valence-corrected chi connectivity index (χ3v) is 3.97. The molecule has 0 spiro atoms. The number of hydrogen-bond donors (Lipinski definition) is 1. The number of rotatable bonds is 2. The van der Waals surface area contributed by atoms with Crippen molar-refractivity contribution in [2.75, 3.05) is 5.32 Å². The van der Waals surface area contributed by atoms with Crippen molar-refractivity contribution >= 4 is 38.9 Å². The summed E-state index contributed by atoms with van der Waals surface area (Å²) in [5.41, 5.74) is 1.21. The van der Waals surface area contributed by atoms with Crippen molar-refractivity contribution in [1.82, 2.24) is 0 Å². The quantitative estimate of drug-likeness (QED) is 0.911. The van der Waals surface area contributed by atoms with Crippen molar-refractivity contribution in [2.24, 2.45) is 0 Å². The molecule has 5 heteroatoms. The fourth-order valence-electron chi connectivity index (χ4n) is 1.43. The second kappa shape index (κ2) is 5.34. The average Bonchev–Trinajstić information content (AvgIpc) is 2.78. The molecule has 1 heterocycles. The van der Waals surface area contributed by atoms with Crippen molar-refractivity contribution in [3.05, 3.63) is 50.1 Å². The monoisotopic (exact) mass is 320 g/mol. The first kappa shape index (κ1) is 12.8. The van der Waals surface area contributed by atoms with Crippen LogP contribution >= 0.6 is 27.3 Å². The molecular weight excluding hydrogens is 312 g/mol. The molecule has 0 aliphatic carbocycles. The van der Waals surface area contributed by atoms with Crippen LogP contribution in [0.3, 0.4) is 0 Å². The van der Waals surface area contributed by atoms with Gasteiger partial charge >= 0.3 is 0 Å². The highest BCUT2D eigenvalue weighted by molar-refractivity contribution is 9.10. The second-order valence-electron chi connectivity index (χ2n) is 3.67. The summed E-state index contributed by atoms with van der Waals surface area (Å²) in [6.07, 6.45) is 0. The summed E-state index contributed by atoms with van der Waals surface area (Å²) in [6.45, 7) is 1.96. The van der Waals surface area contributed by atoms with Gasteiger partial charge in [-0.25, -0.2) is 0 Å². The maximum atomic E-state index is 11.9. The van der Waals surface area contributed by atoms with Crippen LogP contribution in [0.5, 0.6) is 0 Å². The summed E-state index contributed by atoms with van der Waals surface area (Å²) in [6, 6.07) is 10.8. The van der Waals surface area contributed by atoms with Crippen molar-refractivity contribution in [3.63, 3.8) is 0 Å².